The monoisotopic (exact) mass is 179 g/mol. The minimum absolute atomic E-state index is 0.694. The first-order valence-corrected chi connectivity index (χ1v) is 5.10. The number of H-pyrrole nitrogens is 1. The zero-order valence-electron chi connectivity index (χ0n) is 8.30. The zero-order chi connectivity index (χ0) is 9.42. The number of anilines is 1. The van der Waals surface area contributed by atoms with Gasteiger partial charge in [0, 0.05) is 17.2 Å². The van der Waals surface area contributed by atoms with E-state index in [0.717, 1.165) is 12.3 Å². The fraction of sp³-hybridized carbons (Fsp3) is 0.700. The van der Waals surface area contributed by atoms with Crippen molar-refractivity contribution in [2.24, 2.45) is 5.92 Å². The molecule has 1 aliphatic carbocycles. The Hall–Kier alpha value is -0.990. The van der Waals surface area contributed by atoms with E-state index < -0.39 is 0 Å². The molecule has 3 nitrogen and oxygen atoms in total. The molecule has 0 bridgehead atoms. The topological polar surface area (TPSA) is 54.7 Å². The van der Waals surface area contributed by atoms with E-state index in [9.17, 15) is 0 Å². The molecule has 3 heteroatoms. The summed E-state index contributed by atoms with van der Waals surface area (Å²) in [6.07, 6.45) is 3.57. The second kappa shape index (κ2) is 3.05. The van der Waals surface area contributed by atoms with Crippen LogP contribution in [0.3, 0.4) is 0 Å². The third kappa shape index (κ3) is 1.32. The third-order valence-electron chi connectivity index (χ3n) is 3.10. The van der Waals surface area contributed by atoms with Crippen molar-refractivity contribution >= 4 is 5.82 Å². The number of hydrogen-bond donors (Lipinski definition) is 2. The Morgan fingerprint density at radius 2 is 2.31 bits per heavy atom. The second-order valence-electron chi connectivity index (χ2n) is 3.87. The Labute approximate surface area is 78.7 Å². The third-order valence-corrected chi connectivity index (χ3v) is 3.10. The number of nitrogens with zero attached hydrogens (tertiary/aromatic N) is 1. The van der Waals surface area contributed by atoms with Crippen LogP contribution >= 0.6 is 0 Å². The van der Waals surface area contributed by atoms with Gasteiger partial charge in [-0.05, 0) is 18.8 Å². The summed E-state index contributed by atoms with van der Waals surface area (Å²) in [6, 6.07) is 0. The van der Waals surface area contributed by atoms with Gasteiger partial charge in [-0.1, -0.05) is 20.3 Å². The Morgan fingerprint density at radius 1 is 1.54 bits per heavy atom. The van der Waals surface area contributed by atoms with Gasteiger partial charge in [0.1, 0.15) is 5.82 Å². The summed E-state index contributed by atoms with van der Waals surface area (Å²) in [5, 5.41) is 7.15. The maximum Gasteiger partial charge on any atom is 0.148 e. The van der Waals surface area contributed by atoms with Crippen molar-refractivity contribution in [2.75, 3.05) is 5.73 Å². The molecular formula is C10H17N3. The number of nitrogens with two attached hydrogens (primary N) is 1. The molecule has 1 saturated carbocycles. The normalized spacial score (nSPS) is 26.3. The smallest absolute Gasteiger partial charge is 0.148 e. The highest BCUT2D eigenvalue weighted by molar-refractivity contribution is 5.44. The van der Waals surface area contributed by atoms with Crippen molar-refractivity contribution in [3.8, 4) is 0 Å². The second-order valence-corrected chi connectivity index (χ2v) is 3.87. The van der Waals surface area contributed by atoms with Crippen molar-refractivity contribution < 1.29 is 0 Å². The van der Waals surface area contributed by atoms with Gasteiger partial charge in [-0.2, -0.15) is 5.10 Å². The maximum atomic E-state index is 5.76. The maximum absolute atomic E-state index is 5.76. The predicted molar refractivity (Wildman–Crippen MR) is 53.5 cm³/mol. The zero-order valence-corrected chi connectivity index (χ0v) is 8.30. The van der Waals surface area contributed by atoms with E-state index in [2.05, 4.69) is 24.0 Å². The van der Waals surface area contributed by atoms with Crippen LogP contribution in [0.5, 0.6) is 0 Å². The summed E-state index contributed by atoms with van der Waals surface area (Å²) < 4.78 is 0. The van der Waals surface area contributed by atoms with Gasteiger partial charge in [0.25, 0.3) is 0 Å². The molecule has 0 radical (unpaired) electrons. The molecule has 1 aromatic heterocycles. The lowest BCUT2D eigenvalue weighted by Gasteiger charge is -1.98. The summed E-state index contributed by atoms with van der Waals surface area (Å²) in [7, 11) is 0. The van der Waals surface area contributed by atoms with Gasteiger partial charge in [-0.3, -0.25) is 5.10 Å². The van der Waals surface area contributed by atoms with Gasteiger partial charge in [0.2, 0.25) is 0 Å². The molecule has 3 N–H and O–H groups in total. The molecule has 2 atom stereocenters. The average Bonchev–Trinajstić information content (AvgIpc) is 2.83. The lowest BCUT2D eigenvalue weighted by molar-refractivity contribution is 0.750. The quantitative estimate of drug-likeness (QED) is 0.746. The lowest BCUT2D eigenvalue weighted by atomic mass is 10.1. The van der Waals surface area contributed by atoms with Gasteiger partial charge in [0.15, 0.2) is 0 Å². The van der Waals surface area contributed by atoms with Crippen LogP contribution in [0.15, 0.2) is 0 Å². The molecule has 0 aromatic carbocycles. The van der Waals surface area contributed by atoms with Crippen molar-refractivity contribution in [1.29, 1.82) is 0 Å². The van der Waals surface area contributed by atoms with E-state index in [4.69, 9.17) is 5.73 Å². The van der Waals surface area contributed by atoms with Crippen molar-refractivity contribution in [3.63, 3.8) is 0 Å². The van der Waals surface area contributed by atoms with E-state index in [1.165, 1.54) is 24.1 Å². The first kappa shape index (κ1) is 8.60. The summed E-state index contributed by atoms with van der Waals surface area (Å²) in [5.74, 6) is 2.27. The van der Waals surface area contributed by atoms with Gasteiger partial charge in [-0.25, -0.2) is 0 Å². The van der Waals surface area contributed by atoms with Gasteiger partial charge < -0.3 is 5.73 Å². The minimum atomic E-state index is 0.694. The molecule has 0 spiro atoms. The van der Waals surface area contributed by atoms with E-state index in [0.29, 0.717) is 11.7 Å². The van der Waals surface area contributed by atoms with Gasteiger partial charge >= 0.3 is 0 Å². The van der Waals surface area contributed by atoms with Crippen LogP contribution in [0.2, 0.25) is 0 Å². The number of nitrogens with one attached hydrogen (secondary N) is 1. The van der Waals surface area contributed by atoms with E-state index >= 15 is 0 Å². The predicted octanol–water partition coefficient (Wildman–Crippen LogP) is 2.07. The van der Waals surface area contributed by atoms with Crippen molar-refractivity contribution in [1.82, 2.24) is 10.2 Å². The Morgan fingerprint density at radius 3 is 2.85 bits per heavy atom. The van der Waals surface area contributed by atoms with Gasteiger partial charge in [0.05, 0.1) is 0 Å². The Balaban J connectivity index is 2.21. The molecule has 1 aromatic rings. The summed E-state index contributed by atoms with van der Waals surface area (Å²) in [6.45, 7) is 4.38. The SMILES string of the molecule is CCc1c(N)n[nH]c1[C@@H]1C[C@H]1CC. The molecule has 0 unspecified atom stereocenters. The van der Waals surface area contributed by atoms with Crippen LogP contribution in [-0.2, 0) is 6.42 Å². The first-order valence-electron chi connectivity index (χ1n) is 5.10. The molecule has 0 aliphatic heterocycles. The van der Waals surface area contributed by atoms with Crippen LogP contribution in [0, 0.1) is 5.92 Å². The Bertz CT molecular complexity index is 303. The summed E-state index contributed by atoms with van der Waals surface area (Å²) >= 11 is 0. The summed E-state index contributed by atoms with van der Waals surface area (Å²) in [4.78, 5) is 0. The van der Waals surface area contributed by atoms with Crippen LogP contribution in [-0.4, -0.2) is 10.2 Å². The fourth-order valence-electron chi connectivity index (χ4n) is 2.12. The molecule has 1 fully saturated rings. The first-order chi connectivity index (χ1) is 6.27. The Kier molecular flexibility index (Phi) is 2.02. The van der Waals surface area contributed by atoms with E-state index in [-0.39, 0.29) is 0 Å². The highest BCUT2D eigenvalue weighted by atomic mass is 15.2. The highest BCUT2D eigenvalue weighted by Gasteiger charge is 2.39. The lowest BCUT2D eigenvalue weighted by Crippen LogP contribution is -1.93. The number of aromatic amines is 1. The van der Waals surface area contributed by atoms with Crippen LogP contribution in [0.4, 0.5) is 5.82 Å². The van der Waals surface area contributed by atoms with Crippen LogP contribution in [0.25, 0.3) is 0 Å². The molecule has 0 amide bonds. The standard InChI is InChI=1S/C10H17N3/c1-3-6-5-8(6)9-7(4-2)10(11)13-12-9/h6,8H,3-5H2,1-2H3,(H3,11,12,13)/t6-,8-/m1/s1. The molecule has 2 rings (SSSR count). The largest absolute Gasteiger partial charge is 0.382 e. The molecule has 72 valence electrons. The summed E-state index contributed by atoms with van der Waals surface area (Å²) in [5.41, 5.74) is 8.30. The highest BCUT2D eigenvalue weighted by Crippen LogP contribution is 2.50. The van der Waals surface area contributed by atoms with Crippen molar-refractivity contribution in [3.05, 3.63) is 11.3 Å². The number of aromatic nitrogens is 2. The van der Waals surface area contributed by atoms with Crippen LogP contribution < -0.4 is 5.73 Å². The number of nitrogen functional groups attached to an aromatic ring is 1. The van der Waals surface area contributed by atoms with Crippen LogP contribution in [0.1, 0.15) is 43.9 Å². The van der Waals surface area contributed by atoms with E-state index in [1.54, 1.807) is 0 Å². The van der Waals surface area contributed by atoms with Gasteiger partial charge in [-0.15, -0.1) is 0 Å². The minimum Gasteiger partial charge on any atom is -0.382 e. The van der Waals surface area contributed by atoms with Crippen molar-refractivity contribution in [2.45, 2.75) is 39.0 Å². The molecule has 1 heterocycles. The van der Waals surface area contributed by atoms with E-state index in [1.807, 2.05) is 0 Å². The molecule has 1 aliphatic rings. The average molecular weight is 179 g/mol. The molecule has 0 saturated heterocycles. The molecular weight excluding hydrogens is 162 g/mol. The molecule has 13 heavy (non-hydrogen) atoms. The fourth-order valence-corrected chi connectivity index (χ4v) is 2.12. The number of rotatable bonds is 3. The number of hydrogen-bond acceptors (Lipinski definition) is 2.